The zero-order valence-electron chi connectivity index (χ0n) is 11.5. The number of nitrogens with one attached hydrogen (secondary N) is 1. The van der Waals surface area contributed by atoms with E-state index < -0.39 is 0 Å². The fraction of sp³-hybridized carbons (Fsp3) is 0.625. The molecule has 2 rings (SSSR count). The molecule has 0 aromatic heterocycles. The van der Waals surface area contributed by atoms with Crippen molar-refractivity contribution < 1.29 is 4.74 Å². The van der Waals surface area contributed by atoms with Gasteiger partial charge in [-0.3, -0.25) is 0 Å². The van der Waals surface area contributed by atoms with Crippen LogP contribution in [0.2, 0.25) is 0 Å². The molecule has 1 aromatic carbocycles. The topological polar surface area (TPSA) is 21.3 Å². The minimum Gasteiger partial charge on any atom is -0.376 e. The maximum absolute atomic E-state index is 5.98. The maximum Gasteiger partial charge on any atom is 0.0717 e. The summed E-state index contributed by atoms with van der Waals surface area (Å²) in [6, 6.07) is 10.5. The molecule has 1 aromatic rings. The Labute approximate surface area is 111 Å². The largest absolute Gasteiger partial charge is 0.376 e. The van der Waals surface area contributed by atoms with Gasteiger partial charge in [0, 0.05) is 12.0 Å². The standard InChI is InChI=1S/C16H25NO/c1-17-13-16(10-6-3-7-11-16)14-18-12-15-8-4-2-5-9-15/h2,4-5,8-9,17H,3,6-7,10-14H2,1H3. The molecule has 100 valence electrons. The summed E-state index contributed by atoms with van der Waals surface area (Å²) in [5.74, 6) is 0. The van der Waals surface area contributed by atoms with Gasteiger partial charge >= 0.3 is 0 Å². The van der Waals surface area contributed by atoms with E-state index in [0.29, 0.717) is 5.41 Å². The lowest BCUT2D eigenvalue weighted by atomic mass is 9.74. The van der Waals surface area contributed by atoms with Crippen molar-refractivity contribution in [1.29, 1.82) is 0 Å². The van der Waals surface area contributed by atoms with Crippen LogP contribution < -0.4 is 5.32 Å². The average Bonchev–Trinajstić information content (AvgIpc) is 2.41. The van der Waals surface area contributed by atoms with E-state index in [2.05, 4.69) is 29.6 Å². The Hall–Kier alpha value is -0.860. The highest BCUT2D eigenvalue weighted by Gasteiger charge is 2.31. The molecule has 0 unspecified atom stereocenters. The van der Waals surface area contributed by atoms with Gasteiger partial charge in [-0.15, -0.1) is 0 Å². The van der Waals surface area contributed by atoms with Crippen LogP contribution in [0.15, 0.2) is 30.3 Å². The molecular weight excluding hydrogens is 222 g/mol. The Morgan fingerprint density at radius 2 is 1.83 bits per heavy atom. The van der Waals surface area contributed by atoms with Gasteiger partial charge in [-0.1, -0.05) is 49.6 Å². The molecule has 0 heterocycles. The molecule has 0 spiro atoms. The Morgan fingerprint density at radius 3 is 2.50 bits per heavy atom. The molecule has 18 heavy (non-hydrogen) atoms. The van der Waals surface area contributed by atoms with Crippen molar-refractivity contribution in [3.8, 4) is 0 Å². The summed E-state index contributed by atoms with van der Waals surface area (Å²) in [5.41, 5.74) is 1.65. The molecule has 1 aliphatic rings. The smallest absolute Gasteiger partial charge is 0.0717 e. The molecule has 0 saturated heterocycles. The summed E-state index contributed by atoms with van der Waals surface area (Å²) in [4.78, 5) is 0. The van der Waals surface area contributed by atoms with Crippen molar-refractivity contribution in [2.45, 2.75) is 38.7 Å². The highest BCUT2D eigenvalue weighted by molar-refractivity contribution is 5.13. The molecular formula is C16H25NO. The van der Waals surface area contributed by atoms with Crippen LogP contribution >= 0.6 is 0 Å². The summed E-state index contributed by atoms with van der Waals surface area (Å²) >= 11 is 0. The first kappa shape index (κ1) is 13.6. The summed E-state index contributed by atoms with van der Waals surface area (Å²) < 4.78 is 5.98. The molecule has 1 N–H and O–H groups in total. The van der Waals surface area contributed by atoms with Crippen LogP contribution in [-0.4, -0.2) is 20.2 Å². The Kier molecular flexibility index (Phi) is 5.21. The molecule has 0 aliphatic heterocycles. The van der Waals surface area contributed by atoms with Gasteiger partial charge < -0.3 is 10.1 Å². The van der Waals surface area contributed by atoms with Crippen LogP contribution in [0.25, 0.3) is 0 Å². The zero-order valence-corrected chi connectivity index (χ0v) is 11.5. The number of hydrogen-bond donors (Lipinski definition) is 1. The monoisotopic (exact) mass is 247 g/mol. The number of ether oxygens (including phenoxy) is 1. The molecule has 2 heteroatoms. The fourth-order valence-electron chi connectivity index (χ4n) is 3.01. The van der Waals surface area contributed by atoms with E-state index in [0.717, 1.165) is 19.8 Å². The third-order valence-electron chi connectivity index (χ3n) is 3.99. The summed E-state index contributed by atoms with van der Waals surface area (Å²) in [6.45, 7) is 2.72. The average molecular weight is 247 g/mol. The van der Waals surface area contributed by atoms with Crippen LogP contribution in [0.1, 0.15) is 37.7 Å². The van der Waals surface area contributed by atoms with Gasteiger partial charge in [0.15, 0.2) is 0 Å². The summed E-state index contributed by atoms with van der Waals surface area (Å²) in [7, 11) is 2.05. The second-order valence-corrected chi connectivity index (χ2v) is 5.57. The van der Waals surface area contributed by atoms with E-state index in [1.807, 2.05) is 13.1 Å². The second kappa shape index (κ2) is 6.91. The molecule has 0 bridgehead atoms. The highest BCUT2D eigenvalue weighted by Crippen LogP contribution is 2.36. The first-order valence-electron chi connectivity index (χ1n) is 7.11. The quantitative estimate of drug-likeness (QED) is 0.832. The molecule has 0 amide bonds. The van der Waals surface area contributed by atoms with Gasteiger partial charge in [-0.25, -0.2) is 0 Å². The molecule has 1 saturated carbocycles. The maximum atomic E-state index is 5.98. The van der Waals surface area contributed by atoms with Crippen molar-refractivity contribution in [2.24, 2.45) is 5.41 Å². The van der Waals surface area contributed by atoms with Crippen LogP contribution in [0.5, 0.6) is 0 Å². The van der Waals surface area contributed by atoms with Gasteiger partial charge in [0.05, 0.1) is 13.2 Å². The third kappa shape index (κ3) is 3.82. The van der Waals surface area contributed by atoms with Crippen LogP contribution in [0, 0.1) is 5.41 Å². The van der Waals surface area contributed by atoms with Gasteiger partial charge in [-0.2, -0.15) is 0 Å². The van der Waals surface area contributed by atoms with Crippen molar-refractivity contribution in [3.63, 3.8) is 0 Å². The van der Waals surface area contributed by atoms with E-state index in [9.17, 15) is 0 Å². The zero-order chi connectivity index (χ0) is 12.7. The summed E-state index contributed by atoms with van der Waals surface area (Å²) in [5, 5.41) is 3.35. The van der Waals surface area contributed by atoms with Crippen molar-refractivity contribution in [3.05, 3.63) is 35.9 Å². The highest BCUT2D eigenvalue weighted by atomic mass is 16.5. The predicted octanol–water partition coefficient (Wildman–Crippen LogP) is 3.37. The number of benzene rings is 1. The van der Waals surface area contributed by atoms with E-state index in [1.165, 1.54) is 37.7 Å². The Bertz CT molecular complexity index is 325. The normalized spacial score (nSPS) is 18.7. The van der Waals surface area contributed by atoms with Crippen LogP contribution in [0.4, 0.5) is 0 Å². The number of rotatable bonds is 6. The molecule has 0 radical (unpaired) electrons. The summed E-state index contributed by atoms with van der Waals surface area (Å²) in [6.07, 6.45) is 6.72. The SMILES string of the molecule is CNCC1(COCc2ccccc2)CCCCC1. The van der Waals surface area contributed by atoms with E-state index in [1.54, 1.807) is 0 Å². The van der Waals surface area contributed by atoms with E-state index in [4.69, 9.17) is 4.74 Å². The van der Waals surface area contributed by atoms with Gasteiger partial charge in [0.2, 0.25) is 0 Å². The lowest BCUT2D eigenvalue weighted by molar-refractivity contribution is 0.0125. The van der Waals surface area contributed by atoms with Crippen molar-refractivity contribution in [1.82, 2.24) is 5.32 Å². The van der Waals surface area contributed by atoms with Crippen LogP contribution in [-0.2, 0) is 11.3 Å². The van der Waals surface area contributed by atoms with Gasteiger partial charge in [0.1, 0.15) is 0 Å². The molecule has 0 atom stereocenters. The lowest BCUT2D eigenvalue weighted by Gasteiger charge is -2.37. The Morgan fingerprint density at radius 1 is 1.11 bits per heavy atom. The fourth-order valence-corrected chi connectivity index (χ4v) is 3.01. The third-order valence-corrected chi connectivity index (χ3v) is 3.99. The lowest BCUT2D eigenvalue weighted by Crippen LogP contribution is -2.38. The second-order valence-electron chi connectivity index (χ2n) is 5.57. The minimum absolute atomic E-state index is 0.377. The number of hydrogen-bond acceptors (Lipinski definition) is 2. The van der Waals surface area contributed by atoms with Crippen molar-refractivity contribution >= 4 is 0 Å². The van der Waals surface area contributed by atoms with Gasteiger partial charge in [0.25, 0.3) is 0 Å². The van der Waals surface area contributed by atoms with E-state index >= 15 is 0 Å². The Balaban J connectivity index is 1.82. The van der Waals surface area contributed by atoms with Crippen LogP contribution in [0.3, 0.4) is 0 Å². The van der Waals surface area contributed by atoms with Crippen molar-refractivity contribution in [2.75, 3.05) is 20.2 Å². The minimum atomic E-state index is 0.377. The first-order valence-corrected chi connectivity index (χ1v) is 7.11. The van der Waals surface area contributed by atoms with Gasteiger partial charge in [-0.05, 0) is 25.5 Å². The molecule has 1 aliphatic carbocycles. The predicted molar refractivity (Wildman–Crippen MR) is 75.5 cm³/mol. The molecule has 1 fully saturated rings. The molecule has 2 nitrogen and oxygen atoms in total. The van der Waals surface area contributed by atoms with E-state index in [-0.39, 0.29) is 0 Å². The first-order chi connectivity index (χ1) is 8.85.